The Labute approximate surface area is 179 Å². The number of allylic oxidation sites excluding steroid dienone is 2. The lowest BCUT2D eigenvalue weighted by Crippen LogP contribution is -2.34. The van der Waals surface area contributed by atoms with E-state index in [-0.39, 0.29) is 17.4 Å². The minimum Gasteiger partial charge on any atom is -0.493 e. The molecule has 5 nitrogen and oxygen atoms in total. The van der Waals surface area contributed by atoms with Crippen LogP contribution >= 0.6 is 11.6 Å². The number of carbonyl (C=O) groups excluding carboxylic acids is 2. The second kappa shape index (κ2) is 9.30. The zero-order valence-corrected chi connectivity index (χ0v) is 17.7. The van der Waals surface area contributed by atoms with Crippen LogP contribution in [-0.2, 0) is 14.3 Å². The van der Waals surface area contributed by atoms with E-state index in [1.165, 1.54) is 25.3 Å². The molecule has 1 aliphatic carbocycles. The van der Waals surface area contributed by atoms with Gasteiger partial charge in [-0.2, -0.15) is 0 Å². The number of hydrogen-bond acceptors (Lipinski definition) is 5. The van der Waals surface area contributed by atoms with Crippen LogP contribution in [0.4, 0.5) is 4.39 Å². The summed E-state index contributed by atoms with van der Waals surface area (Å²) in [6.07, 6.45) is 1.83. The molecule has 0 N–H and O–H groups in total. The van der Waals surface area contributed by atoms with Gasteiger partial charge in [-0.05, 0) is 60.4 Å². The van der Waals surface area contributed by atoms with Crippen LogP contribution in [-0.4, -0.2) is 32.6 Å². The van der Waals surface area contributed by atoms with E-state index in [0.29, 0.717) is 23.5 Å². The molecule has 0 radical (unpaired) electrons. The van der Waals surface area contributed by atoms with E-state index >= 15 is 0 Å². The number of rotatable bonds is 6. The standard InChI is InChI=1S/C23H22ClFO5/c1-4-30-23(27)22-16(14-5-7-18(25)17(24)10-14)9-15(11-19(22)26)13-6-8-20(28-2)21(12-13)29-3/h5-8,10-12,16,22H,4,9H2,1-3H3/t16-,22-/m0/s1. The molecule has 2 aromatic carbocycles. The van der Waals surface area contributed by atoms with Crippen molar-refractivity contribution < 1.29 is 28.2 Å². The first-order valence-electron chi connectivity index (χ1n) is 9.48. The van der Waals surface area contributed by atoms with Crippen LogP contribution in [0.5, 0.6) is 11.5 Å². The lowest BCUT2D eigenvalue weighted by molar-refractivity contribution is -0.151. The SMILES string of the molecule is CCOC(=O)[C@@H]1C(=O)C=C(c2ccc(OC)c(OC)c2)C[C@H]1c1ccc(F)c(Cl)c1. The molecule has 0 spiro atoms. The first kappa shape index (κ1) is 21.8. The van der Waals surface area contributed by atoms with Gasteiger partial charge in [-0.15, -0.1) is 0 Å². The Hall–Kier alpha value is -2.86. The molecule has 0 fully saturated rings. The minimum absolute atomic E-state index is 0.0650. The van der Waals surface area contributed by atoms with Gasteiger partial charge in [-0.3, -0.25) is 9.59 Å². The highest BCUT2D eigenvalue weighted by molar-refractivity contribution is 6.30. The Morgan fingerprint density at radius 2 is 1.87 bits per heavy atom. The fraction of sp³-hybridized carbons (Fsp3) is 0.304. The second-order valence-corrected chi connectivity index (χ2v) is 7.26. The topological polar surface area (TPSA) is 61.8 Å². The third kappa shape index (κ3) is 4.33. The van der Waals surface area contributed by atoms with Crippen LogP contribution < -0.4 is 9.47 Å². The first-order chi connectivity index (χ1) is 14.4. The molecule has 0 unspecified atom stereocenters. The zero-order chi connectivity index (χ0) is 21.8. The lowest BCUT2D eigenvalue weighted by Gasteiger charge is -2.29. The van der Waals surface area contributed by atoms with E-state index in [9.17, 15) is 14.0 Å². The molecule has 2 aromatic rings. The maximum atomic E-state index is 13.7. The number of carbonyl (C=O) groups is 2. The summed E-state index contributed by atoms with van der Waals surface area (Å²) in [6, 6.07) is 9.58. The van der Waals surface area contributed by atoms with Crippen LogP contribution in [0.2, 0.25) is 5.02 Å². The van der Waals surface area contributed by atoms with Crippen LogP contribution in [0, 0.1) is 11.7 Å². The molecule has 158 valence electrons. The molecule has 0 saturated heterocycles. The van der Waals surface area contributed by atoms with E-state index in [2.05, 4.69) is 0 Å². The summed E-state index contributed by atoms with van der Waals surface area (Å²) in [6.45, 7) is 1.84. The van der Waals surface area contributed by atoms with Gasteiger partial charge in [-0.25, -0.2) is 4.39 Å². The molecule has 1 aliphatic rings. The molecule has 0 aliphatic heterocycles. The van der Waals surface area contributed by atoms with E-state index < -0.39 is 23.6 Å². The Balaban J connectivity index is 2.06. The number of esters is 1. The fourth-order valence-corrected chi connectivity index (χ4v) is 3.87. The number of halogens is 2. The van der Waals surface area contributed by atoms with Crippen molar-refractivity contribution in [1.29, 1.82) is 0 Å². The molecule has 7 heteroatoms. The number of benzene rings is 2. The first-order valence-corrected chi connectivity index (χ1v) is 9.85. The molecule has 0 saturated carbocycles. The van der Waals surface area contributed by atoms with Crippen molar-refractivity contribution in [1.82, 2.24) is 0 Å². The fourth-order valence-electron chi connectivity index (χ4n) is 3.68. The normalized spacial score (nSPS) is 18.6. The third-order valence-corrected chi connectivity index (χ3v) is 5.42. The largest absolute Gasteiger partial charge is 0.493 e. The predicted molar refractivity (Wildman–Crippen MR) is 111 cm³/mol. The molecule has 0 amide bonds. The molecule has 30 heavy (non-hydrogen) atoms. The summed E-state index contributed by atoms with van der Waals surface area (Å²) in [4.78, 5) is 25.5. The van der Waals surface area contributed by atoms with Gasteiger partial charge < -0.3 is 14.2 Å². The van der Waals surface area contributed by atoms with E-state index in [0.717, 1.165) is 11.1 Å². The Morgan fingerprint density at radius 3 is 2.50 bits per heavy atom. The third-order valence-electron chi connectivity index (χ3n) is 5.13. The van der Waals surface area contributed by atoms with Crippen molar-refractivity contribution >= 4 is 28.9 Å². The highest BCUT2D eigenvalue weighted by Crippen LogP contribution is 2.42. The average molecular weight is 433 g/mol. The van der Waals surface area contributed by atoms with Gasteiger partial charge in [0.25, 0.3) is 0 Å². The molecular weight excluding hydrogens is 411 g/mol. The van der Waals surface area contributed by atoms with Crippen LogP contribution in [0.1, 0.15) is 30.4 Å². The number of methoxy groups -OCH3 is 2. The van der Waals surface area contributed by atoms with Gasteiger partial charge in [0.05, 0.1) is 25.8 Å². The molecule has 3 rings (SSSR count). The van der Waals surface area contributed by atoms with Crippen molar-refractivity contribution in [3.8, 4) is 11.5 Å². The maximum Gasteiger partial charge on any atom is 0.317 e. The Morgan fingerprint density at radius 1 is 1.13 bits per heavy atom. The van der Waals surface area contributed by atoms with Crippen LogP contribution in [0.3, 0.4) is 0 Å². The van der Waals surface area contributed by atoms with Crippen molar-refractivity contribution in [2.45, 2.75) is 19.3 Å². The molecule has 2 atom stereocenters. The summed E-state index contributed by atoms with van der Waals surface area (Å²) in [5.41, 5.74) is 2.09. The number of hydrogen-bond donors (Lipinski definition) is 0. The van der Waals surface area contributed by atoms with E-state index in [1.54, 1.807) is 32.2 Å². The van der Waals surface area contributed by atoms with E-state index in [1.807, 2.05) is 6.07 Å². The quantitative estimate of drug-likeness (QED) is 0.484. The van der Waals surface area contributed by atoms with Gasteiger partial charge in [0, 0.05) is 5.92 Å². The lowest BCUT2D eigenvalue weighted by atomic mass is 9.73. The maximum absolute atomic E-state index is 13.7. The highest BCUT2D eigenvalue weighted by Gasteiger charge is 2.40. The molecule has 0 bridgehead atoms. The predicted octanol–water partition coefficient (Wildman–Crippen LogP) is 4.82. The Kier molecular flexibility index (Phi) is 6.77. The van der Waals surface area contributed by atoms with Gasteiger partial charge in [0.15, 0.2) is 17.3 Å². The molecular formula is C23H22ClFO5. The van der Waals surface area contributed by atoms with Crippen LogP contribution in [0.15, 0.2) is 42.5 Å². The summed E-state index contributed by atoms with van der Waals surface area (Å²) in [5, 5.41) is -0.0650. The van der Waals surface area contributed by atoms with Gasteiger partial charge in [0.1, 0.15) is 11.7 Å². The summed E-state index contributed by atoms with van der Waals surface area (Å²) in [5.74, 6) is -2.00. The summed E-state index contributed by atoms with van der Waals surface area (Å²) >= 11 is 5.96. The van der Waals surface area contributed by atoms with E-state index in [4.69, 9.17) is 25.8 Å². The molecule has 0 heterocycles. The van der Waals surface area contributed by atoms with Crippen LogP contribution in [0.25, 0.3) is 5.57 Å². The number of ether oxygens (including phenoxy) is 3. The van der Waals surface area contributed by atoms with Crippen molar-refractivity contribution in [2.75, 3.05) is 20.8 Å². The second-order valence-electron chi connectivity index (χ2n) is 6.86. The van der Waals surface area contributed by atoms with Gasteiger partial charge in [0.2, 0.25) is 0 Å². The molecule has 0 aromatic heterocycles. The van der Waals surface area contributed by atoms with Gasteiger partial charge in [-0.1, -0.05) is 23.7 Å². The average Bonchev–Trinajstić information content (AvgIpc) is 2.74. The Bertz CT molecular complexity index is 1000. The zero-order valence-electron chi connectivity index (χ0n) is 16.9. The van der Waals surface area contributed by atoms with Gasteiger partial charge >= 0.3 is 5.97 Å². The summed E-state index contributed by atoms with van der Waals surface area (Å²) < 4.78 is 29.4. The summed E-state index contributed by atoms with van der Waals surface area (Å²) in [7, 11) is 3.07. The van der Waals surface area contributed by atoms with Crippen molar-refractivity contribution in [2.24, 2.45) is 5.92 Å². The van der Waals surface area contributed by atoms with Crippen molar-refractivity contribution in [3.63, 3.8) is 0 Å². The monoisotopic (exact) mass is 432 g/mol. The highest BCUT2D eigenvalue weighted by atomic mass is 35.5. The number of ketones is 1. The smallest absolute Gasteiger partial charge is 0.317 e. The van der Waals surface area contributed by atoms with Crippen molar-refractivity contribution in [3.05, 3.63) is 64.4 Å². The minimum atomic E-state index is -1.02.